The highest BCUT2D eigenvalue weighted by molar-refractivity contribution is 5.86. The van der Waals surface area contributed by atoms with Gasteiger partial charge in [0.2, 0.25) is 0 Å². The second-order valence-corrected chi connectivity index (χ2v) is 7.35. The molecule has 0 saturated carbocycles. The molecule has 1 unspecified atom stereocenters. The van der Waals surface area contributed by atoms with E-state index in [2.05, 4.69) is 78.7 Å². The Morgan fingerprint density at radius 3 is 1.93 bits per heavy atom. The van der Waals surface area contributed by atoms with Gasteiger partial charge in [0.1, 0.15) is 11.5 Å². The van der Waals surface area contributed by atoms with Gasteiger partial charge in [-0.05, 0) is 59.2 Å². The Hall–Kier alpha value is -3.40. The van der Waals surface area contributed by atoms with E-state index in [0.29, 0.717) is 0 Å². The number of aromatic nitrogens is 1. The summed E-state index contributed by atoms with van der Waals surface area (Å²) in [5.41, 5.74) is 5.96. The van der Waals surface area contributed by atoms with Gasteiger partial charge in [0, 0.05) is 42.8 Å². The number of hydrogen-bond donors (Lipinski definition) is 1. The molecule has 3 aromatic carbocycles. The molecule has 0 fully saturated rings. The third-order valence-electron chi connectivity index (χ3n) is 5.42. The number of anilines is 1. The van der Waals surface area contributed by atoms with E-state index in [0.717, 1.165) is 17.0 Å². The van der Waals surface area contributed by atoms with Gasteiger partial charge >= 0.3 is 0 Å². The second kappa shape index (κ2) is 7.92. The van der Waals surface area contributed by atoms with E-state index >= 15 is 0 Å². The summed E-state index contributed by atoms with van der Waals surface area (Å²) in [7, 11) is 7.51. The lowest BCUT2D eigenvalue weighted by atomic mass is 9.85. The van der Waals surface area contributed by atoms with Crippen molar-refractivity contribution in [2.45, 2.75) is 5.92 Å². The van der Waals surface area contributed by atoms with Crippen molar-refractivity contribution in [2.24, 2.45) is 0 Å². The fourth-order valence-electron chi connectivity index (χ4n) is 3.80. The first-order valence-electron chi connectivity index (χ1n) is 9.67. The van der Waals surface area contributed by atoms with Gasteiger partial charge in [-0.25, -0.2) is 0 Å². The third kappa shape index (κ3) is 3.66. The van der Waals surface area contributed by atoms with E-state index < -0.39 is 0 Å². The van der Waals surface area contributed by atoms with Crippen LogP contribution < -0.4 is 14.4 Å². The van der Waals surface area contributed by atoms with Gasteiger partial charge in [0.05, 0.1) is 14.2 Å². The number of H-pyrrole nitrogens is 1. The van der Waals surface area contributed by atoms with Crippen molar-refractivity contribution in [3.63, 3.8) is 0 Å². The standard InChI is InChI=1S/C25H26N2O2/c1-27(2)19-9-5-17(6-10-19)25(18-7-11-20(28-3)12-8-18)23-16-26-24-14-13-21(29-4)15-22(23)24/h5-16,25-26H,1-4H3. The van der Waals surface area contributed by atoms with Crippen molar-refractivity contribution in [3.05, 3.63) is 89.6 Å². The first-order chi connectivity index (χ1) is 14.1. The van der Waals surface area contributed by atoms with Gasteiger partial charge in [-0.1, -0.05) is 24.3 Å². The monoisotopic (exact) mass is 386 g/mol. The van der Waals surface area contributed by atoms with Crippen LogP contribution in [0.1, 0.15) is 22.6 Å². The highest BCUT2D eigenvalue weighted by Gasteiger charge is 2.21. The van der Waals surface area contributed by atoms with E-state index in [1.165, 1.54) is 27.8 Å². The third-order valence-corrected chi connectivity index (χ3v) is 5.42. The summed E-state index contributed by atoms with van der Waals surface area (Å²) in [6.07, 6.45) is 2.11. The maximum absolute atomic E-state index is 5.47. The largest absolute Gasteiger partial charge is 0.497 e. The molecule has 0 aliphatic carbocycles. The molecular weight excluding hydrogens is 360 g/mol. The van der Waals surface area contributed by atoms with E-state index in [9.17, 15) is 0 Å². The fourth-order valence-corrected chi connectivity index (χ4v) is 3.80. The summed E-state index contributed by atoms with van der Waals surface area (Å²) < 4.78 is 10.8. The molecule has 1 atom stereocenters. The minimum Gasteiger partial charge on any atom is -0.497 e. The number of ether oxygens (including phenoxy) is 2. The van der Waals surface area contributed by atoms with Crippen molar-refractivity contribution in [1.82, 2.24) is 4.98 Å². The number of rotatable bonds is 6. The van der Waals surface area contributed by atoms with Crippen LogP contribution in [0, 0.1) is 0 Å². The molecule has 0 radical (unpaired) electrons. The number of methoxy groups -OCH3 is 2. The zero-order chi connectivity index (χ0) is 20.4. The fraction of sp³-hybridized carbons (Fsp3) is 0.200. The summed E-state index contributed by atoms with van der Waals surface area (Å²) in [6.45, 7) is 0. The van der Waals surface area contributed by atoms with Crippen LogP contribution in [0.15, 0.2) is 72.9 Å². The molecule has 4 heteroatoms. The quantitative estimate of drug-likeness (QED) is 0.480. The number of fused-ring (bicyclic) bond motifs is 1. The van der Waals surface area contributed by atoms with Crippen molar-refractivity contribution in [2.75, 3.05) is 33.2 Å². The van der Waals surface area contributed by atoms with E-state index in [1.807, 2.05) is 18.2 Å². The smallest absolute Gasteiger partial charge is 0.119 e. The highest BCUT2D eigenvalue weighted by atomic mass is 16.5. The zero-order valence-corrected chi connectivity index (χ0v) is 17.3. The van der Waals surface area contributed by atoms with Gasteiger partial charge in [-0.3, -0.25) is 0 Å². The molecule has 148 valence electrons. The molecule has 29 heavy (non-hydrogen) atoms. The van der Waals surface area contributed by atoms with E-state index in [1.54, 1.807) is 14.2 Å². The summed E-state index contributed by atoms with van der Waals surface area (Å²) in [4.78, 5) is 5.54. The summed E-state index contributed by atoms with van der Waals surface area (Å²) in [5, 5.41) is 1.17. The molecule has 0 aliphatic rings. The second-order valence-electron chi connectivity index (χ2n) is 7.35. The zero-order valence-electron chi connectivity index (χ0n) is 17.3. The Labute approximate surface area is 171 Å². The summed E-state index contributed by atoms with van der Waals surface area (Å²) >= 11 is 0. The van der Waals surface area contributed by atoms with Crippen LogP contribution in [0.25, 0.3) is 10.9 Å². The van der Waals surface area contributed by atoms with Crippen LogP contribution in [0.3, 0.4) is 0 Å². The molecule has 0 aliphatic heterocycles. The van der Waals surface area contributed by atoms with Gasteiger partial charge in [-0.2, -0.15) is 0 Å². The van der Waals surface area contributed by atoms with Crippen LogP contribution >= 0.6 is 0 Å². The van der Waals surface area contributed by atoms with E-state index in [4.69, 9.17) is 9.47 Å². The van der Waals surface area contributed by atoms with Gasteiger partial charge in [0.25, 0.3) is 0 Å². The average molecular weight is 386 g/mol. The molecule has 0 amide bonds. The summed E-state index contributed by atoms with van der Waals surface area (Å²) in [6, 6.07) is 23.2. The molecule has 4 aromatic rings. The number of aromatic amines is 1. The number of benzene rings is 3. The molecule has 0 bridgehead atoms. The van der Waals surface area contributed by atoms with Crippen LogP contribution in [0.2, 0.25) is 0 Å². The SMILES string of the molecule is COc1ccc(C(c2ccc(N(C)C)cc2)c2c[nH]c3ccc(OC)cc23)cc1. The molecule has 0 saturated heterocycles. The number of nitrogens with zero attached hydrogens (tertiary/aromatic N) is 1. The van der Waals surface area contributed by atoms with Crippen LogP contribution in [0.5, 0.6) is 11.5 Å². The predicted octanol–water partition coefficient (Wildman–Crippen LogP) is 5.43. The normalized spacial score (nSPS) is 12.0. The Morgan fingerprint density at radius 2 is 1.34 bits per heavy atom. The van der Waals surface area contributed by atoms with Crippen molar-refractivity contribution in [3.8, 4) is 11.5 Å². The minimum absolute atomic E-state index is 0.0953. The molecule has 1 heterocycles. The van der Waals surface area contributed by atoms with E-state index in [-0.39, 0.29) is 5.92 Å². The van der Waals surface area contributed by atoms with Crippen molar-refractivity contribution < 1.29 is 9.47 Å². The van der Waals surface area contributed by atoms with Crippen LogP contribution in [0.4, 0.5) is 5.69 Å². The lowest BCUT2D eigenvalue weighted by Crippen LogP contribution is -2.09. The molecule has 4 rings (SSSR count). The first-order valence-corrected chi connectivity index (χ1v) is 9.67. The highest BCUT2D eigenvalue weighted by Crippen LogP contribution is 2.38. The minimum atomic E-state index is 0.0953. The Bertz CT molecular complexity index is 1100. The molecule has 1 N–H and O–H groups in total. The van der Waals surface area contributed by atoms with Crippen molar-refractivity contribution in [1.29, 1.82) is 0 Å². The Kier molecular flexibility index (Phi) is 5.17. The topological polar surface area (TPSA) is 37.5 Å². The van der Waals surface area contributed by atoms with Crippen LogP contribution in [-0.2, 0) is 0 Å². The predicted molar refractivity (Wildman–Crippen MR) is 120 cm³/mol. The van der Waals surface area contributed by atoms with Crippen molar-refractivity contribution >= 4 is 16.6 Å². The van der Waals surface area contributed by atoms with Gasteiger partial charge < -0.3 is 19.4 Å². The first kappa shape index (κ1) is 18.9. The lowest BCUT2D eigenvalue weighted by molar-refractivity contribution is 0.414. The van der Waals surface area contributed by atoms with Crippen LogP contribution in [-0.4, -0.2) is 33.3 Å². The Morgan fingerprint density at radius 1 is 0.759 bits per heavy atom. The summed E-state index contributed by atoms with van der Waals surface area (Å²) in [5.74, 6) is 1.81. The molecule has 0 spiro atoms. The average Bonchev–Trinajstić information content (AvgIpc) is 3.17. The number of hydrogen-bond acceptors (Lipinski definition) is 3. The molecular formula is C25H26N2O2. The maximum atomic E-state index is 5.47. The Balaban J connectivity index is 1.88. The molecule has 4 nitrogen and oxygen atoms in total. The van der Waals surface area contributed by atoms with Gasteiger partial charge in [-0.15, -0.1) is 0 Å². The lowest BCUT2D eigenvalue weighted by Gasteiger charge is -2.20. The number of nitrogens with one attached hydrogen (secondary N) is 1. The molecule has 1 aromatic heterocycles. The van der Waals surface area contributed by atoms with Gasteiger partial charge in [0.15, 0.2) is 0 Å². The maximum Gasteiger partial charge on any atom is 0.119 e.